The molecule has 0 saturated carbocycles. The van der Waals surface area contributed by atoms with E-state index in [0.717, 1.165) is 24.7 Å². The first-order valence-corrected chi connectivity index (χ1v) is 6.93. The smallest absolute Gasteiger partial charge is 0.181 e. The minimum Gasteiger partial charge on any atom is -0.497 e. The maximum absolute atomic E-state index is 13.6. The summed E-state index contributed by atoms with van der Waals surface area (Å²) in [6.45, 7) is 1.95. The van der Waals surface area contributed by atoms with Gasteiger partial charge in [0.25, 0.3) is 0 Å². The summed E-state index contributed by atoms with van der Waals surface area (Å²) >= 11 is 0. The topological polar surface area (TPSA) is 21.3 Å². The Balaban J connectivity index is 1.89. The lowest BCUT2D eigenvalue weighted by molar-refractivity contribution is 0.414. The van der Waals surface area contributed by atoms with E-state index in [1.807, 2.05) is 31.2 Å². The van der Waals surface area contributed by atoms with E-state index < -0.39 is 11.6 Å². The molecule has 0 aliphatic carbocycles. The van der Waals surface area contributed by atoms with Crippen molar-refractivity contribution in [2.45, 2.75) is 25.8 Å². The molecular formula is C17H19F2NO. The normalized spacial score (nSPS) is 12.0. The molecule has 2 aromatic carbocycles. The molecule has 0 aromatic heterocycles. The van der Waals surface area contributed by atoms with Gasteiger partial charge in [0.2, 0.25) is 0 Å². The molecule has 21 heavy (non-hydrogen) atoms. The van der Waals surface area contributed by atoms with E-state index in [0.29, 0.717) is 0 Å². The molecule has 0 aliphatic heterocycles. The third-order valence-electron chi connectivity index (χ3n) is 3.38. The van der Waals surface area contributed by atoms with Gasteiger partial charge in [-0.15, -0.1) is 0 Å². The average Bonchev–Trinajstić information content (AvgIpc) is 2.50. The molecule has 1 unspecified atom stereocenters. The van der Waals surface area contributed by atoms with Crippen molar-refractivity contribution in [2.24, 2.45) is 0 Å². The fourth-order valence-electron chi connectivity index (χ4n) is 2.13. The molecule has 0 radical (unpaired) electrons. The molecule has 112 valence electrons. The van der Waals surface area contributed by atoms with Gasteiger partial charge in [0.1, 0.15) is 5.75 Å². The van der Waals surface area contributed by atoms with Gasteiger partial charge >= 0.3 is 0 Å². The van der Waals surface area contributed by atoms with Crippen molar-refractivity contribution in [2.75, 3.05) is 12.4 Å². The Kier molecular flexibility index (Phi) is 5.14. The van der Waals surface area contributed by atoms with Gasteiger partial charge in [0.15, 0.2) is 11.6 Å². The van der Waals surface area contributed by atoms with Crippen molar-refractivity contribution in [1.29, 1.82) is 0 Å². The third kappa shape index (κ3) is 4.18. The number of methoxy groups -OCH3 is 1. The van der Waals surface area contributed by atoms with E-state index in [9.17, 15) is 8.78 Å². The van der Waals surface area contributed by atoms with Crippen LogP contribution in [0, 0.1) is 11.6 Å². The summed E-state index contributed by atoms with van der Waals surface area (Å²) < 4.78 is 31.8. The quantitative estimate of drug-likeness (QED) is 0.851. The number of hydrogen-bond acceptors (Lipinski definition) is 2. The van der Waals surface area contributed by atoms with E-state index in [2.05, 4.69) is 5.32 Å². The van der Waals surface area contributed by atoms with Crippen molar-refractivity contribution >= 4 is 5.69 Å². The lowest BCUT2D eigenvalue weighted by Gasteiger charge is -2.16. The Bertz CT molecular complexity index is 584. The van der Waals surface area contributed by atoms with Crippen molar-refractivity contribution in [3.8, 4) is 5.75 Å². The number of nitrogens with one attached hydrogen (secondary N) is 1. The van der Waals surface area contributed by atoms with Crippen LogP contribution in [0.1, 0.15) is 18.9 Å². The van der Waals surface area contributed by atoms with Crippen LogP contribution in [-0.2, 0) is 6.42 Å². The molecule has 0 bridgehead atoms. The Hall–Kier alpha value is -2.10. The van der Waals surface area contributed by atoms with Crippen LogP contribution in [-0.4, -0.2) is 13.2 Å². The molecule has 2 rings (SSSR count). The number of ether oxygens (including phenoxy) is 1. The van der Waals surface area contributed by atoms with Crippen molar-refractivity contribution in [1.82, 2.24) is 0 Å². The summed E-state index contributed by atoms with van der Waals surface area (Å²) in [6.07, 6.45) is 1.68. The number of aryl methyl sites for hydroxylation is 1. The molecule has 1 atom stereocenters. The number of halogens is 2. The van der Waals surface area contributed by atoms with E-state index in [4.69, 9.17) is 4.74 Å². The highest BCUT2D eigenvalue weighted by atomic mass is 19.2. The SMILES string of the molecule is COc1ccc(CCC(C)Nc2cccc(F)c2F)cc1. The fraction of sp³-hybridized carbons (Fsp3) is 0.294. The van der Waals surface area contributed by atoms with Crippen LogP contribution in [0.15, 0.2) is 42.5 Å². The van der Waals surface area contributed by atoms with Crippen molar-refractivity contribution in [3.63, 3.8) is 0 Å². The van der Waals surface area contributed by atoms with E-state index in [1.165, 1.54) is 11.6 Å². The molecule has 0 heterocycles. The molecule has 2 nitrogen and oxygen atoms in total. The molecule has 2 aromatic rings. The van der Waals surface area contributed by atoms with Crippen LogP contribution >= 0.6 is 0 Å². The standard InChI is InChI=1S/C17H19F2NO/c1-12(20-16-5-3-4-15(18)17(16)19)6-7-13-8-10-14(21-2)11-9-13/h3-5,8-12,20H,6-7H2,1-2H3. The van der Waals surface area contributed by atoms with Gasteiger partial charge < -0.3 is 10.1 Å². The second-order valence-corrected chi connectivity index (χ2v) is 5.03. The van der Waals surface area contributed by atoms with Crippen molar-refractivity contribution < 1.29 is 13.5 Å². The van der Waals surface area contributed by atoms with Gasteiger partial charge in [-0.2, -0.15) is 0 Å². The van der Waals surface area contributed by atoms with Crippen LogP contribution in [0.2, 0.25) is 0 Å². The Labute approximate surface area is 123 Å². The minimum absolute atomic E-state index is 0.0448. The summed E-state index contributed by atoms with van der Waals surface area (Å²) in [5.41, 5.74) is 1.39. The first kappa shape index (κ1) is 15.3. The van der Waals surface area contributed by atoms with Crippen LogP contribution in [0.4, 0.5) is 14.5 Å². The maximum Gasteiger partial charge on any atom is 0.181 e. The lowest BCUT2D eigenvalue weighted by Crippen LogP contribution is -2.17. The zero-order valence-electron chi connectivity index (χ0n) is 12.2. The van der Waals surface area contributed by atoms with Gasteiger partial charge in [-0.25, -0.2) is 8.78 Å². The van der Waals surface area contributed by atoms with Gasteiger partial charge in [-0.1, -0.05) is 18.2 Å². The Morgan fingerprint density at radius 2 is 1.81 bits per heavy atom. The predicted octanol–water partition coefficient (Wildman–Crippen LogP) is 4.41. The monoisotopic (exact) mass is 291 g/mol. The highest BCUT2D eigenvalue weighted by Crippen LogP contribution is 2.19. The van der Waals surface area contributed by atoms with Gasteiger partial charge in [0.05, 0.1) is 12.8 Å². The van der Waals surface area contributed by atoms with Gasteiger partial charge in [0, 0.05) is 6.04 Å². The summed E-state index contributed by atoms with van der Waals surface area (Å²) in [5.74, 6) is -0.831. The van der Waals surface area contributed by atoms with Gasteiger partial charge in [-0.05, 0) is 49.6 Å². The second kappa shape index (κ2) is 7.07. The third-order valence-corrected chi connectivity index (χ3v) is 3.38. The van der Waals surface area contributed by atoms with Crippen LogP contribution in [0.5, 0.6) is 5.75 Å². The second-order valence-electron chi connectivity index (χ2n) is 5.03. The largest absolute Gasteiger partial charge is 0.497 e. The van der Waals surface area contributed by atoms with E-state index in [-0.39, 0.29) is 11.7 Å². The predicted molar refractivity (Wildman–Crippen MR) is 80.8 cm³/mol. The summed E-state index contributed by atoms with van der Waals surface area (Å²) in [7, 11) is 1.63. The maximum atomic E-state index is 13.6. The van der Waals surface area contributed by atoms with E-state index >= 15 is 0 Å². The number of rotatable bonds is 6. The highest BCUT2D eigenvalue weighted by molar-refractivity contribution is 5.45. The summed E-state index contributed by atoms with van der Waals surface area (Å²) in [5, 5.41) is 3.00. The molecule has 0 aliphatic rings. The number of benzene rings is 2. The van der Waals surface area contributed by atoms with Crippen LogP contribution < -0.4 is 10.1 Å². The number of hydrogen-bond donors (Lipinski definition) is 1. The fourth-order valence-corrected chi connectivity index (χ4v) is 2.13. The Morgan fingerprint density at radius 1 is 1.10 bits per heavy atom. The minimum atomic E-state index is -0.831. The van der Waals surface area contributed by atoms with Gasteiger partial charge in [-0.3, -0.25) is 0 Å². The Morgan fingerprint density at radius 3 is 2.48 bits per heavy atom. The molecule has 0 fully saturated rings. The summed E-state index contributed by atoms with van der Waals surface area (Å²) in [4.78, 5) is 0. The first-order valence-electron chi connectivity index (χ1n) is 6.93. The molecule has 0 saturated heterocycles. The van der Waals surface area contributed by atoms with Crippen molar-refractivity contribution in [3.05, 3.63) is 59.7 Å². The average molecular weight is 291 g/mol. The highest BCUT2D eigenvalue weighted by Gasteiger charge is 2.10. The van der Waals surface area contributed by atoms with Crippen LogP contribution in [0.3, 0.4) is 0 Å². The first-order chi connectivity index (χ1) is 10.1. The lowest BCUT2D eigenvalue weighted by atomic mass is 10.1. The molecule has 4 heteroatoms. The summed E-state index contributed by atoms with van der Waals surface area (Å²) in [6, 6.07) is 12.0. The zero-order valence-corrected chi connectivity index (χ0v) is 12.2. The molecule has 1 N–H and O–H groups in total. The molecule has 0 amide bonds. The van der Waals surface area contributed by atoms with Crippen LogP contribution in [0.25, 0.3) is 0 Å². The zero-order chi connectivity index (χ0) is 15.2. The molecule has 0 spiro atoms. The molecular weight excluding hydrogens is 272 g/mol. The van der Waals surface area contributed by atoms with E-state index in [1.54, 1.807) is 13.2 Å². The number of anilines is 1.